The van der Waals surface area contributed by atoms with E-state index in [9.17, 15) is 0 Å². The predicted molar refractivity (Wildman–Crippen MR) is 69.9 cm³/mol. The van der Waals surface area contributed by atoms with Gasteiger partial charge >= 0.3 is 0 Å². The lowest BCUT2D eigenvalue weighted by atomic mass is 10.1. The van der Waals surface area contributed by atoms with Crippen LogP contribution in [0.15, 0.2) is 18.2 Å². The predicted octanol–water partition coefficient (Wildman–Crippen LogP) is 1.58. The molecule has 0 unspecified atom stereocenters. The Hall–Kier alpha value is -1.22. The minimum Gasteiger partial charge on any atom is -0.397 e. The SMILES string of the molecule is CN(C)CCCN1CCc2cccc(N)c21. The Morgan fingerprint density at radius 3 is 2.94 bits per heavy atom. The highest BCUT2D eigenvalue weighted by Crippen LogP contribution is 2.33. The molecule has 0 saturated heterocycles. The van der Waals surface area contributed by atoms with Crippen molar-refractivity contribution in [1.82, 2.24) is 4.90 Å². The number of benzene rings is 1. The summed E-state index contributed by atoms with van der Waals surface area (Å²) in [6.07, 6.45) is 2.34. The third-order valence-electron chi connectivity index (χ3n) is 3.15. The molecule has 1 aliphatic rings. The molecule has 0 fully saturated rings. The van der Waals surface area contributed by atoms with E-state index in [2.05, 4.69) is 36.0 Å². The molecule has 0 aliphatic carbocycles. The van der Waals surface area contributed by atoms with Gasteiger partial charge in [-0.05, 0) is 45.1 Å². The van der Waals surface area contributed by atoms with Gasteiger partial charge in [0.15, 0.2) is 0 Å². The lowest BCUT2D eigenvalue weighted by Gasteiger charge is -2.21. The number of hydrogen-bond acceptors (Lipinski definition) is 3. The number of hydrogen-bond donors (Lipinski definition) is 1. The summed E-state index contributed by atoms with van der Waals surface area (Å²) in [7, 11) is 4.23. The third-order valence-corrected chi connectivity index (χ3v) is 3.15. The molecule has 1 aliphatic heterocycles. The molecule has 2 rings (SSSR count). The Morgan fingerprint density at radius 1 is 1.38 bits per heavy atom. The Morgan fingerprint density at radius 2 is 2.19 bits per heavy atom. The van der Waals surface area contributed by atoms with E-state index >= 15 is 0 Å². The van der Waals surface area contributed by atoms with Gasteiger partial charge < -0.3 is 15.5 Å². The van der Waals surface area contributed by atoms with Gasteiger partial charge in [0, 0.05) is 13.1 Å². The zero-order valence-electron chi connectivity index (χ0n) is 10.2. The minimum absolute atomic E-state index is 0.930. The van der Waals surface area contributed by atoms with Gasteiger partial charge in [-0.15, -0.1) is 0 Å². The highest BCUT2D eigenvalue weighted by atomic mass is 15.2. The number of fused-ring (bicyclic) bond motifs is 1. The molecule has 0 aromatic heterocycles. The first-order chi connectivity index (χ1) is 7.68. The maximum absolute atomic E-state index is 6.04. The van der Waals surface area contributed by atoms with Crippen LogP contribution in [-0.4, -0.2) is 38.6 Å². The van der Waals surface area contributed by atoms with Crippen LogP contribution >= 0.6 is 0 Å². The largest absolute Gasteiger partial charge is 0.397 e. The summed E-state index contributed by atoms with van der Waals surface area (Å²) in [5.74, 6) is 0. The van der Waals surface area contributed by atoms with Crippen LogP contribution in [0.5, 0.6) is 0 Å². The van der Waals surface area contributed by atoms with E-state index < -0.39 is 0 Å². The quantitative estimate of drug-likeness (QED) is 0.780. The van der Waals surface area contributed by atoms with Crippen molar-refractivity contribution in [3.05, 3.63) is 23.8 Å². The maximum Gasteiger partial charge on any atom is 0.0633 e. The summed E-state index contributed by atoms with van der Waals surface area (Å²) in [6, 6.07) is 6.25. The molecule has 0 spiro atoms. The Bertz CT molecular complexity index is 360. The fourth-order valence-electron chi connectivity index (χ4n) is 2.37. The molecule has 1 heterocycles. The number of para-hydroxylation sites is 1. The molecule has 16 heavy (non-hydrogen) atoms. The number of nitrogens with zero attached hydrogens (tertiary/aromatic N) is 2. The van der Waals surface area contributed by atoms with Gasteiger partial charge in [0.05, 0.1) is 11.4 Å². The van der Waals surface area contributed by atoms with E-state index in [4.69, 9.17) is 5.73 Å². The molecule has 2 N–H and O–H groups in total. The van der Waals surface area contributed by atoms with Gasteiger partial charge in [0.25, 0.3) is 0 Å². The second-order valence-electron chi connectivity index (χ2n) is 4.75. The average Bonchev–Trinajstić information content (AvgIpc) is 2.62. The molecule has 1 aromatic carbocycles. The van der Waals surface area contributed by atoms with Crippen LogP contribution in [0.3, 0.4) is 0 Å². The van der Waals surface area contributed by atoms with E-state index in [0.29, 0.717) is 0 Å². The van der Waals surface area contributed by atoms with Crippen LogP contribution in [-0.2, 0) is 6.42 Å². The van der Waals surface area contributed by atoms with Crippen molar-refractivity contribution in [2.45, 2.75) is 12.8 Å². The van der Waals surface area contributed by atoms with Crippen LogP contribution in [0.25, 0.3) is 0 Å². The topological polar surface area (TPSA) is 32.5 Å². The molecule has 88 valence electrons. The van der Waals surface area contributed by atoms with Gasteiger partial charge in [-0.3, -0.25) is 0 Å². The molecule has 0 amide bonds. The van der Waals surface area contributed by atoms with Crippen LogP contribution in [0.2, 0.25) is 0 Å². The summed E-state index contributed by atoms with van der Waals surface area (Å²) in [4.78, 5) is 4.65. The van der Waals surface area contributed by atoms with E-state index in [1.54, 1.807) is 0 Å². The van der Waals surface area contributed by atoms with Crippen LogP contribution in [0, 0.1) is 0 Å². The van der Waals surface area contributed by atoms with Crippen LogP contribution in [0.4, 0.5) is 11.4 Å². The number of nitrogens with two attached hydrogens (primary N) is 1. The lowest BCUT2D eigenvalue weighted by molar-refractivity contribution is 0.401. The second-order valence-corrected chi connectivity index (χ2v) is 4.75. The molecule has 0 radical (unpaired) electrons. The molecule has 0 saturated carbocycles. The first-order valence-electron chi connectivity index (χ1n) is 5.95. The third kappa shape index (κ3) is 2.30. The average molecular weight is 219 g/mol. The Labute approximate surface area is 97.8 Å². The van der Waals surface area contributed by atoms with Gasteiger partial charge in [0.2, 0.25) is 0 Å². The first-order valence-corrected chi connectivity index (χ1v) is 5.95. The molecule has 3 heteroatoms. The van der Waals surface area contributed by atoms with Gasteiger partial charge in [-0.2, -0.15) is 0 Å². The monoisotopic (exact) mass is 219 g/mol. The van der Waals surface area contributed by atoms with Crippen molar-refractivity contribution in [2.24, 2.45) is 0 Å². The second kappa shape index (κ2) is 4.74. The molecule has 3 nitrogen and oxygen atoms in total. The molecular weight excluding hydrogens is 198 g/mol. The van der Waals surface area contributed by atoms with Crippen LogP contribution in [0.1, 0.15) is 12.0 Å². The lowest BCUT2D eigenvalue weighted by Crippen LogP contribution is -2.25. The van der Waals surface area contributed by atoms with Gasteiger partial charge in [-0.1, -0.05) is 12.1 Å². The fraction of sp³-hybridized carbons (Fsp3) is 0.538. The molecular formula is C13H21N3. The number of anilines is 2. The van der Waals surface area contributed by atoms with Crippen molar-refractivity contribution in [2.75, 3.05) is 44.4 Å². The van der Waals surface area contributed by atoms with E-state index in [1.807, 2.05) is 6.07 Å². The van der Waals surface area contributed by atoms with Crippen molar-refractivity contribution in [1.29, 1.82) is 0 Å². The zero-order valence-corrected chi connectivity index (χ0v) is 10.2. The molecule has 0 bridgehead atoms. The standard InChI is InChI=1S/C13H21N3/c1-15(2)8-4-9-16-10-7-11-5-3-6-12(14)13(11)16/h3,5-6H,4,7-10,14H2,1-2H3. The zero-order chi connectivity index (χ0) is 11.5. The van der Waals surface area contributed by atoms with Gasteiger partial charge in [-0.25, -0.2) is 0 Å². The van der Waals surface area contributed by atoms with Crippen molar-refractivity contribution < 1.29 is 0 Å². The fourth-order valence-corrected chi connectivity index (χ4v) is 2.37. The first kappa shape index (κ1) is 11.3. The van der Waals surface area contributed by atoms with Gasteiger partial charge in [0.1, 0.15) is 0 Å². The summed E-state index contributed by atoms with van der Waals surface area (Å²) >= 11 is 0. The summed E-state index contributed by atoms with van der Waals surface area (Å²) < 4.78 is 0. The smallest absolute Gasteiger partial charge is 0.0633 e. The van der Waals surface area contributed by atoms with Crippen molar-refractivity contribution in [3.8, 4) is 0 Å². The van der Waals surface area contributed by atoms with E-state index in [1.165, 1.54) is 17.7 Å². The normalized spacial score (nSPS) is 14.6. The number of rotatable bonds is 4. The van der Waals surface area contributed by atoms with E-state index in [0.717, 1.165) is 31.7 Å². The molecule has 1 aromatic rings. The van der Waals surface area contributed by atoms with E-state index in [-0.39, 0.29) is 0 Å². The highest BCUT2D eigenvalue weighted by molar-refractivity contribution is 5.74. The summed E-state index contributed by atoms with van der Waals surface area (Å²) in [5.41, 5.74) is 9.66. The summed E-state index contributed by atoms with van der Waals surface area (Å²) in [5, 5.41) is 0. The Kier molecular flexibility index (Phi) is 3.34. The molecule has 0 atom stereocenters. The Balaban J connectivity index is 2.00. The van der Waals surface area contributed by atoms with Crippen molar-refractivity contribution >= 4 is 11.4 Å². The van der Waals surface area contributed by atoms with Crippen LogP contribution < -0.4 is 10.6 Å². The van der Waals surface area contributed by atoms with Crippen molar-refractivity contribution in [3.63, 3.8) is 0 Å². The minimum atomic E-state index is 0.930. The summed E-state index contributed by atoms with van der Waals surface area (Å²) in [6.45, 7) is 3.37. The number of nitrogen functional groups attached to an aromatic ring is 1. The highest BCUT2D eigenvalue weighted by Gasteiger charge is 2.20. The maximum atomic E-state index is 6.04.